The number of hydrogen-bond donors (Lipinski definition) is 2. The Bertz CT molecular complexity index is 1550. The number of aromatic nitrogens is 4. The van der Waals surface area contributed by atoms with E-state index in [1.807, 2.05) is 6.07 Å². The molecule has 1 fully saturated rings. The van der Waals surface area contributed by atoms with Crippen LogP contribution >= 0.6 is 11.3 Å². The van der Waals surface area contributed by atoms with Crippen LogP contribution in [0.25, 0.3) is 11.5 Å². The highest BCUT2D eigenvalue weighted by Crippen LogP contribution is 2.48. The lowest BCUT2D eigenvalue weighted by molar-refractivity contribution is 0.300. The van der Waals surface area contributed by atoms with Crippen molar-refractivity contribution in [3.63, 3.8) is 0 Å². The predicted molar refractivity (Wildman–Crippen MR) is 159 cm³/mol. The number of hydrogen-bond acceptors (Lipinski definition) is 12. The summed E-state index contributed by atoms with van der Waals surface area (Å²) in [5, 5.41) is 18.4. The molecule has 41 heavy (non-hydrogen) atoms. The Labute approximate surface area is 244 Å². The Morgan fingerprint density at radius 1 is 1.17 bits per heavy atom. The fourth-order valence-corrected chi connectivity index (χ4v) is 8.18. The number of nitriles is 1. The minimum Gasteiger partial charge on any atom is -0.389 e. The molecule has 12 heteroatoms. The van der Waals surface area contributed by atoms with Crippen LogP contribution in [0.15, 0.2) is 21.7 Å². The van der Waals surface area contributed by atoms with Gasteiger partial charge in [-0.05, 0) is 64.3 Å². The van der Waals surface area contributed by atoms with Crippen molar-refractivity contribution in [3.8, 4) is 17.6 Å². The maximum Gasteiger partial charge on any atom is 0.237 e. The van der Waals surface area contributed by atoms with Crippen LogP contribution in [-0.2, 0) is 11.8 Å². The summed E-state index contributed by atoms with van der Waals surface area (Å²) in [5.74, 6) is 2.54. The molecule has 3 aromatic heterocycles. The molecule has 2 atom stereocenters. The second-order valence-corrected chi connectivity index (χ2v) is 13.2. The average Bonchev–Trinajstić information content (AvgIpc) is 3.72. The topological polar surface area (TPSA) is 136 Å². The van der Waals surface area contributed by atoms with Gasteiger partial charge < -0.3 is 30.3 Å². The third kappa shape index (κ3) is 4.47. The second kappa shape index (κ2) is 10.1. The highest BCUT2D eigenvalue weighted by Gasteiger charge is 2.43. The van der Waals surface area contributed by atoms with Gasteiger partial charge in [0.1, 0.15) is 22.6 Å². The van der Waals surface area contributed by atoms with Gasteiger partial charge in [0.15, 0.2) is 0 Å². The van der Waals surface area contributed by atoms with Crippen molar-refractivity contribution < 1.29 is 4.52 Å². The molecule has 0 spiro atoms. The van der Waals surface area contributed by atoms with E-state index in [-0.39, 0.29) is 6.04 Å². The van der Waals surface area contributed by atoms with Crippen LogP contribution < -0.4 is 20.9 Å². The summed E-state index contributed by atoms with van der Waals surface area (Å²) in [6.45, 7) is 10.8. The van der Waals surface area contributed by atoms with Gasteiger partial charge in [0.25, 0.3) is 0 Å². The smallest absolute Gasteiger partial charge is 0.237 e. The van der Waals surface area contributed by atoms with E-state index in [9.17, 15) is 5.26 Å². The number of rotatable bonds is 4. The minimum atomic E-state index is -0.576. The van der Waals surface area contributed by atoms with Crippen molar-refractivity contribution >= 4 is 28.1 Å². The quantitative estimate of drug-likeness (QED) is 0.447. The molecule has 0 unspecified atom stereocenters. The maximum atomic E-state index is 9.90. The Morgan fingerprint density at radius 3 is 2.76 bits per heavy atom. The van der Waals surface area contributed by atoms with E-state index in [4.69, 9.17) is 25.2 Å². The minimum absolute atomic E-state index is 0.269. The van der Waals surface area contributed by atoms with Crippen LogP contribution in [0.5, 0.6) is 0 Å². The van der Waals surface area contributed by atoms with Gasteiger partial charge in [-0.25, -0.2) is 4.98 Å². The summed E-state index contributed by atoms with van der Waals surface area (Å²) in [5.41, 5.74) is 10.7. The summed E-state index contributed by atoms with van der Waals surface area (Å²) in [6.07, 6.45) is 3.74. The SMILES string of the molecule is C[C@H]1CN(C)CCCN1c1nc(-c2noc([C@@]3(C)CCCc4sc(N)c(C#N)c43)n2)cc(N2CC3=C(CNC3)C2)n1. The van der Waals surface area contributed by atoms with E-state index in [1.54, 1.807) is 0 Å². The Kier molecular flexibility index (Phi) is 6.48. The first-order chi connectivity index (χ1) is 19.8. The first-order valence-electron chi connectivity index (χ1n) is 14.5. The molecule has 0 amide bonds. The number of nitrogens with two attached hydrogens (primary N) is 1. The van der Waals surface area contributed by atoms with Gasteiger partial charge in [0.05, 0.1) is 11.0 Å². The number of anilines is 3. The Hall–Kier alpha value is -3.53. The maximum absolute atomic E-state index is 9.90. The number of nitrogens with zero attached hydrogens (tertiary/aromatic N) is 8. The molecule has 0 saturated carbocycles. The number of likely N-dealkylation sites (N-methyl/N-ethyl adjacent to an activating group) is 1. The highest BCUT2D eigenvalue weighted by atomic mass is 32.1. The van der Waals surface area contributed by atoms with Crippen molar-refractivity contribution in [2.75, 3.05) is 68.4 Å². The zero-order chi connectivity index (χ0) is 28.3. The monoisotopic (exact) mass is 572 g/mol. The van der Waals surface area contributed by atoms with Crippen molar-refractivity contribution in [3.05, 3.63) is 39.1 Å². The molecule has 3 aromatic rings. The van der Waals surface area contributed by atoms with Gasteiger partial charge in [-0.2, -0.15) is 15.2 Å². The molecular weight excluding hydrogens is 536 g/mol. The van der Waals surface area contributed by atoms with Gasteiger partial charge in [0, 0.05) is 61.8 Å². The lowest BCUT2D eigenvalue weighted by atomic mass is 9.72. The van der Waals surface area contributed by atoms with Crippen LogP contribution in [0, 0.1) is 11.3 Å². The summed E-state index contributed by atoms with van der Waals surface area (Å²) < 4.78 is 5.98. The summed E-state index contributed by atoms with van der Waals surface area (Å²) >= 11 is 1.51. The number of fused-ring (bicyclic) bond motifs is 1. The van der Waals surface area contributed by atoms with Crippen molar-refractivity contribution in [1.29, 1.82) is 5.26 Å². The summed E-state index contributed by atoms with van der Waals surface area (Å²) in [6, 6.07) is 4.60. The van der Waals surface area contributed by atoms with Crippen LogP contribution in [0.4, 0.5) is 16.8 Å². The molecule has 0 bridgehead atoms. The van der Waals surface area contributed by atoms with Gasteiger partial charge >= 0.3 is 0 Å². The molecule has 11 nitrogen and oxygen atoms in total. The van der Waals surface area contributed by atoms with Crippen molar-refractivity contribution in [2.24, 2.45) is 0 Å². The van der Waals surface area contributed by atoms with Crippen LogP contribution in [0.1, 0.15) is 55.0 Å². The Morgan fingerprint density at radius 2 is 1.98 bits per heavy atom. The average molecular weight is 573 g/mol. The lowest BCUT2D eigenvalue weighted by Gasteiger charge is -2.30. The van der Waals surface area contributed by atoms with E-state index in [0.717, 1.165) is 87.8 Å². The van der Waals surface area contributed by atoms with Crippen molar-refractivity contribution in [1.82, 2.24) is 30.3 Å². The summed E-state index contributed by atoms with van der Waals surface area (Å²) in [4.78, 5) is 23.3. The first kappa shape index (κ1) is 26.4. The van der Waals surface area contributed by atoms with E-state index < -0.39 is 5.41 Å². The fraction of sp³-hybridized carbons (Fsp3) is 0.552. The number of nitrogens with one attached hydrogen (secondary N) is 1. The number of nitrogen functional groups attached to an aromatic ring is 1. The predicted octanol–water partition coefficient (Wildman–Crippen LogP) is 2.93. The molecule has 214 valence electrons. The van der Waals surface area contributed by atoms with Gasteiger partial charge in [-0.1, -0.05) is 5.16 Å². The molecule has 1 saturated heterocycles. The van der Waals surface area contributed by atoms with E-state index in [2.05, 4.69) is 52.1 Å². The van der Waals surface area contributed by atoms with Gasteiger partial charge in [-0.15, -0.1) is 11.3 Å². The van der Waals surface area contributed by atoms with E-state index in [1.165, 1.54) is 22.5 Å². The number of thiophene rings is 1. The van der Waals surface area contributed by atoms with E-state index in [0.29, 0.717) is 33.9 Å². The van der Waals surface area contributed by atoms with Gasteiger partial charge in [-0.3, -0.25) is 0 Å². The normalized spacial score (nSPS) is 24.9. The first-order valence-corrected chi connectivity index (χ1v) is 15.3. The molecule has 3 N–H and O–H groups in total. The molecule has 4 aliphatic rings. The number of aryl methyl sites for hydroxylation is 1. The highest BCUT2D eigenvalue weighted by molar-refractivity contribution is 7.16. The molecule has 6 heterocycles. The third-order valence-corrected chi connectivity index (χ3v) is 10.2. The summed E-state index contributed by atoms with van der Waals surface area (Å²) in [7, 11) is 2.17. The Balaban J connectivity index is 1.28. The van der Waals surface area contributed by atoms with E-state index >= 15 is 0 Å². The molecule has 0 aromatic carbocycles. The van der Waals surface area contributed by atoms with Gasteiger partial charge in [0.2, 0.25) is 17.7 Å². The van der Waals surface area contributed by atoms with Crippen LogP contribution in [0.2, 0.25) is 0 Å². The molecule has 7 rings (SSSR count). The molecule has 0 radical (unpaired) electrons. The zero-order valence-corrected chi connectivity index (χ0v) is 24.7. The zero-order valence-electron chi connectivity index (χ0n) is 23.9. The largest absolute Gasteiger partial charge is 0.389 e. The molecular formula is C29H36N10OS. The fourth-order valence-electron chi connectivity index (χ4n) is 6.99. The van der Waals surface area contributed by atoms with Crippen molar-refractivity contribution in [2.45, 2.75) is 51.0 Å². The second-order valence-electron chi connectivity index (χ2n) is 12.1. The lowest BCUT2D eigenvalue weighted by Crippen LogP contribution is -2.39. The van der Waals surface area contributed by atoms with Crippen LogP contribution in [0.3, 0.4) is 0 Å². The standard InChI is InChI=1S/C29H36N10OS/c1-17-14-37(3)8-5-9-39(17)28-33-21(10-23(34-28)38-15-18-12-32-13-19(18)16-38)26-35-27(40-36-26)29(2)7-4-6-22-24(29)20(11-30)25(31)41-22/h10,17,32H,4-9,12-16,31H2,1-3H3/t17-,29-/m0/s1. The molecule has 1 aliphatic carbocycles. The van der Waals surface area contributed by atoms with Crippen LogP contribution in [-0.4, -0.2) is 83.9 Å². The third-order valence-electron chi connectivity index (χ3n) is 9.15. The molecule has 3 aliphatic heterocycles.